The predicted octanol–water partition coefficient (Wildman–Crippen LogP) is 3.59. The van der Waals surface area contributed by atoms with Crippen LogP contribution in [-0.4, -0.2) is 83.1 Å². The molecule has 0 atom stereocenters. The molecule has 3 heterocycles. The monoisotopic (exact) mass is 498 g/mol. The van der Waals surface area contributed by atoms with Crippen molar-refractivity contribution in [2.45, 2.75) is 57.7 Å². The van der Waals surface area contributed by atoms with Crippen molar-refractivity contribution < 1.29 is 0 Å². The molecule has 3 aliphatic rings. The van der Waals surface area contributed by atoms with E-state index in [0.717, 1.165) is 94.6 Å². The van der Waals surface area contributed by atoms with Crippen LogP contribution < -0.4 is 10.5 Å². The number of hydrogen-bond acceptors (Lipinski definition) is 6. The lowest BCUT2D eigenvalue weighted by atomic mass is 9.94. The van der Waals surface area contributed by atoms with Crippen LogP contribution in [0.3, 0.4) is 0 Å². The lowest BCUT2D eigenvalue weighted by Crippen LogP contribution is -2.50. The maximum absolute atomic E-state index is 12.5. The predicted molar refractivity (Wildman–Crippen MR) is 142 cm³/mol. The first-order valence-corrected chi connectivity index (χ1v) is 13.8. The second kappa shape index (κ2) is 11.9. The van der Waals surface area contributed by atoms with Gasteiger partial charge >= 0.3 is 0 Å². The van der Waals surface area contributed by atoms with Crippen LogP contribution in [0, 0.1) is 0 Å². The van der Waals surface area contributed by atoms with Gasteiger partial charge in [-0.1, -0.05) is 43.0 Å². The third-order valence-electron chi connectivity index (χ3n) is 7.85. The standard InChI is InChI=1S/C27H39ClN6O/c28-23-7-4-6-22(18-23)20-31-10-5-11-34(17-14-31)27-29-24(19-26(35)30-27)21-32-12-15-33(16-13-32)25-8-2-1-3-9-25/h4,6-7,18-19,25H,1-3,5,8-17,20-21H2,(H,29,30,35). The first kappa shape index (κ1) is 24.8. The Labute approximate surface area is 214 Å². The number of H-pyrrole nitrogens is 1. The molecule has 190 valence electrons. The molecule has 0 unspecified atom stereocenters. The lowest BCUT2D eigenvalue weighted by molar-refractivity contribution is 0.0749. The highest BCUT2D eigenvalue weighted by molar-refractivity contribution is 6.30. The number of benzene rings is 1. The van der Waals surface area contributed by atoms with Crippen molar-refractivity contribution in [2.24, 2.45) is 0 Å². The Morgan fingerprint density at radius 3 is 2.43 bits per heavy atom. The summed E-state index contributed by atoms with van der Waals surface area (Å²) >= 11 is 6.17. The van der Waals surface area contributed by atoms with Crippen LogP contribution in [0.25, 0.3) is 0 Å². The molecule has 1 aromatic heterocycles. The van der Waals surface area contributed by atoms with E-state index in [9.17, 15) is 4.79 Å². The molecule has 0 spiro atoms. The molecule has 0 amide bonds. The molecule has 3 fully saturated rings. The van der Waals surface area contributed by atoms with Gasteiger partial charge in [0.2, 0.25) is 5.95 Å². The number of nitrogens with one attached hydrogen (secondary N) is 1. The topological polar surface area (TPSA) is 58.7 Å². The summed E-state index contributed by atoms with van der Waals surface area (Å²) in [6.45, 7) is 9.75. The first-order chi connectivity index (χ1) is 17.1. The van der Waals surface area contributed by atoms with Crippen LogP contribution in [0.4, 0.5) is 5.95 Å². The molecular formula is C27H39ClN6O. The van der Waals surface area contributed by atoms with E-state index < -0.39 is 0 Å². The van der Waals surface area contributed by atoms with E-state index in [1.165, 1.54) is 37.7 Å². The second-order valence-corrected chi connectivity index (χ2v) is 10.8. The van der Waals surface area contributed by atoms with Crippen LogP contribution in [-0.2, 0) is 13.1 Å². The van der Waals surface area contributed by atoms with Crippen molar-refractivity contribution >= 4 is 17.5 Å². The average Bonchev–Trinajstić information content (AvgIpc) is 3.10. The van der Waals surface area contributed by atoms with Gasteiger partial charge in [-0.2, -0.15) is 0 Å². The van der Waals surface area contributed by atoms with Crippen molar-refractivity contribution in [3.05, 3.63) is 57.0 Å². The molecular weight excluding hydrogens is 460 g/mol. The van der Waals surface area contributed by atoms with Gasteiger partial charge in [0.15, 0.2) is 0 Å². The minimum atomic E-state index is -0.0501. The van der Waals surface area contributed by atoms with E-state index in [1.54, 1.807) is 6.07 Å². The number of piperazine rings is 1. The molecule has 0 bridgehead atoms. The number of rotatable bonds is 6. The Bertz CT molecular complexity index is 1010. The molecule has 1 aliphatic carbocycles. The van der Waals surface area contributed by atoms with Gasteiger partial charge in [-0.25, -0.2) is 4.98 Å². The van der Waals surface area contributed by atoms with Crippen molar-refractivity contribution in [3.8, 4) is 0 Å². The number of anilines is 1. The van der Waals surface area contributed by atoms with E-state index in [-0.39, 0.29) is 5.56 Å². The molecule has 1 aromatic carbocycles. The minimum absolute atomic E-state index is 0.0501. The molecule has 2 aromatic rings. The van der Waals surface area contributed by atoms with Crippen LogP contribution in [0.15, 0.2) is 35.1 Å². The number of aromatic amines is 1. The SMILES string of the molecule is O=c1cc(CN2CCN(C3CCCCC3)CC2)nc(N2CCCN(Cc3cccc(Cl)c3)CC2)[nH]1. The van der Waals surface area contributed by atoms with Gasteiger partial charge < -0.3 is 4.90 Å². The highest BCUT2D eigenvalue weighted by atomic mass is 35.5. The molecule has 7 nitrogen and oxygen atoms in total. The molecule has 35 heavy (non-hydrogen) atoms. The van der Waals surface area contributed by atoms with Crippen molar-refractivity contribution in [1.29, 1.82) is 0 Å². The summed E-state index contributed by atoms with van der Waals surface area (Å²) in [6, 6.07) is 10.6. The number of halogens is 1. The average molecular weight is 499 g/mol. The Morgan fingerprint density at radius 1 is 0.857 bits per heavy atom. The molecule has 0 radical (unpaired) electrons. The van der Waals surface area contributed by atoms with Crippen molar-refractivity contribution in [2.75, 3.05) is 57.3 Å². The maximum atomic E-state index is 12.5. The van der Waals surface area contributed by atoms with E-state index >= 15 is 0 Å². The molecule has 8 heteroatoms. The smallest absolute Gasteiger partial charge is 0.252 e. The van der Waals surface area contributed by atoms with E-state index in [2.05, 4.69) is 30.6 Å². The lowest BCUT2D eigenvalue weighted by Gasteiger charge is -2.40. The Morgan fingerprint density at radius 2 is 1.63 bits per heavy atom. The van der Waals surface area contributed by atoms with Crippen molar-refractivity contribution in [3.63, 3.8) is 0 Å². The molecule has 2 saturated heterocycles. The fourth-order valence-electron chi connectivity index (χ4n) is 5.92. The van der Waals surface area contributed by atoms with E-state index in [0.29, 0.717) is 0 Å². The summed E-state index contributed by atoms with van der Waals surface area (Å²) in [5.74, 6) is 0.720. The Balaban J connectivity index is 1.16. The third kappa shape index (κ3) is 6.85. The zero-order chi connectivity index (χ0) is 24.0. The van der Waals surface area contributed by atoms with Gasteiger partial charge in [-0.15, -0.1) is 0 Å². The minimum Gasteiger partial charge on any atom is -0.341 e. The largest absolute Gasteiger partial charge is 0.341 e. The summed E-state index contributed by atoms with van der Waals surface area (Å²) in [7, 11) is 0. The second-order valence-electron chi connectivity index (χ2n) is 10.4. The number of hydrogen-bond donors (Lipinski definition) is 1. The molecule has 1 N–H and O–H groups in total. The van der Waals surface area contributed by atoms with Gasteiger partial charge in [0.25, 0.3) is 5.56 Å². The van der Waals surface area contributed by atoms with Crippen LogP contribution in [0.5, 0.6) is 0 Å². The summed E-state index contributed by atoms with van der Waals surface area (Å²) in [6.07, 6.45) is 7.96. The summed E-state index contributed by atoms with van der Waals surface area (Å²) in [5.41, 5.74) is 2.07. The Hall–Kier alpha value is -1.93. The van der Waals surface area contributed by atoms with E-state index in [1.807, 2.05) is 18.2 Å². The molecule has 2 aliphatic heterocycles. The Kier molecular flexibility index (Phi) is 8.39. The van der Waals surface area contributed by atoms with Gasteiger partial charge in [-0.05, 0) is 37.0 Å². The zero-order valence-corrected chi connectivity index (χ0v) is 21.6. The summed E-state index contributed by atoms with van der Waals surface area (Å²) < 4.78 is 0. The van der Waals surface area contributed by atoms with E-state index in [4.69, 9.17) is 16.6 Å². The zero-order valence-electron chi connectivity index (χ0n) is 20.8. The molecule has 5 rings (SSSR count). The van der Waals surface area contributed by atoms with Crippen molar-refractivity contribution in [1.82, 2.24) is 24.7 Å². The number of aromatic nitrogens is 2. The van der Waals surface area contributed by atoms with Gasteiger partial charge in [0, 0.05) is 82.6 Å². The van der Waals surface area contributed by atoms with Gasteiger partial charge in [0.05, 0.1) is 5.69 Å². The fraction of sp³-hybridized carbons (Fsp3) is 0.630. The van der Waals surface area contributed by atoms with Crippen LogP contribution >= 0.6 is 11.6 Å². The van der Waals surface area contributed by atoms with Gasteiger partial charge in [0.1, 0.15) is 0 Å². The number of nitrogens with zero attached hydrogens (tertiary/aromatic N) is 5. The maximum Gasteiger partial charge on any atom is 0.252 e. The van der Waals surface area contributed by atoms with Crippen LogP contribution in [0.1, 0.15) is 49.8 Å². The first-order valence-electron chi connectivity index (χ1n) is 13.4. The van der Waals surface area contributed by atoms with Gasteiger partial charge in [-0.3, -0.25) is 24.5 Å². The quantitative estimate of drug-likeness (QED) is 0.657. The third-order valence-corrected chi connectivity index (χ3v) is 8.08. The highest BCUT2D eigenvalue weighted by Gasteiger charge is 2.25. The normalized spacial score (nSPS) is 21.8. The fourth-order valence-corrected chi connectivity index (χ4v) is 6.13. The summed E-state index contributed by atoms with van der Waals surface area (Å²) in [5, 5.41) is 0.785. The molecule has 1 saturated carbocycles. The van der Waals surface area contributed by atoms with Crippen LogP contribution in [0.2, 0.25) is 5.02 Å². The summed E-state index contributed by atoms with van der Waals surface area (Å²) in [4.78, 5) is 30.3. The highest BCUT2D eigenvalue weighted by Crippen LogP contribution is 2.24.